The summed E-state index contributed by atoms with van der Waals surface area (Å²) in [5.41, 5.74) is 3.61. The van der Waals surface area contributed by atoms with E-state index in [-0.39, 0.29) is 23.3 Å². The molecule has 0 atom stereocenters. The molecule has 1 N–H and O–H groups in total. The van der Waals surface area contributed by atoms with E-state index in [9.17, 15) is 9.59 Å². The van der Waals surface area contributed by atoms with Crippen molar-refractivity contribution in [1.29, 1.82) is 0 Å². The molecule has 3 aromatic heterocycles. The van der Waals surface area contributed by atoms with Crippen molar-refractivity contribution in [3.05, 3.63) is 53.3 Å². The van der Waals surface area contributed by atoms with Crippen LogP contribution in [0.15, 0.2) is 36.5 Å². The van der Waals surface area contributed by atoms with Crippen LogP contribution in [0.25, 0.3) is 22.3 Å². The molecule has 1 aromatic carbocycles. The highest BCUT2D eigenvalue weighted by Crippen LogP contribution is 2.29. The van der Waals surface area contributed by atoms with Crippen molar-refractivity contribution >= 4 is 39.4 Å². The van der Waals surface area contributed by atoms with Crippen molar-refractivity contribution in [2.45, 2.75) is 33.7 Å². The molecule has 0 spiro atoms. The second-order valence-electron chi connectivity index (χ2n) is 7.42. The molecule has 0 aliphatic heterocycles. The van der Waals surface area contributed by atoms with E-state index in [1.54, 1.807) is 23.9 Å². The topological polar surface area (TPSA) is 112 Å². The predicted octanol–water partition coefficient (Wildman–Crippen LogP) is 4.27. The van der Waals surface area contributed by atoms with E-state index in [1.807, 2.05) is 45.0 Å². The van der Waals surface area contributed by atoms with Gasteiger partial charge in [-0.15, -0.1) is 5.10 Å². The lowest BCUT2D eigenvalue weighted by atomic mass is 10.0. The summed E-state index contributed by atoms with van der Waals surface area (Å²) >= 11 is 0.915. The Labute approximate surface area is 188 Å². The largest absolute Gasteiger partial charge is 0.461 e. The summed E-state index contributed by atoms with van der Waals surface area (Å²) in [5, 5.41) is 11.8. The number of hydrogen-bond acceptors (Lipinski definition) is 8. The first kappa shape index (κ1) is 21.6. The Morgan fingerprint density at radius 3 is 2.75 bits per heavy atom. The number of anilines is 1. The maximum atomic E-state index is 13.3. The van der Waals surface area contributed by atoms with Crippen molar-refractivity contribution < 1.29 is 14.3 Å². The second-order valence-corrected chi connectivity index (χ2v) is 8.17. The van der Waals surface area contributed by atoms with Crippen LogP contribution in [0.5, 0.6) is 0 Å². The first-order chi connectivity index (χ1) is 15.4. The third kappa shape index (κ3) is 3.96. The summed E-state index contributed by atoms with van der Waals surface area (Å²) < 4.78 is 10.6. The Bertz CT molecular complexity index is 1310. The Morgan fingerprint density at radius 2 is 2.03 bits per heavy atom. The average molecular weight is 451 g/mol. The van der Waals surface area contributed by atoms with Crippen molar-refractivity contribution in [3.8, 4) is 11.3 Å². The van der Waals surface area contributed by atoms with Gasteiger partial charge in [0.25, 0.3) is 5.91 Å². The fourth-order valence-electron chi connectivity index (χ4n) is 3.36. The van der Waals surface area contributed by atoms with Gasteiger partial charge in [-0.2, -0.15) is 5.10 Å². The van der Waals surface area contributed by atoms with Gasteiger partial charge in [-0.25, -0.2) is 14.5 Å². The van der Waals surface area contributed by atoms with Gasteiger partial charge in [0.1, 0.15) is 0 Å². The number of hydrogen-bond donors (Lipinski definition) is 1. The molecule has 32 heavy (non-hydrogen) atoms. The maximum Gasteiger partial charge on any atom is 0.362 e. The number of nitrogens with one attached hydrogen (secondary N) is 1. The minimum Gasteiger partial charge on any atom is -0.461 e. The molecule has 4 aromatic rings. The molecule has 1 amide bonds. The lowest BCUT2D eigenvalue weighted by molar-refractivity contribution is 0.0520. The van der Waals surface area contributed by atoms with Crippen LogP contribution in [0, 0.1) is 6.92 Å². The molecule has 0 aliphatic rings. The van der Waals surface area contributed by atoms with E-state index in [0.717, 1.165) is 22.7 Å². The third-order valence-corrected chi connectivity index (χ3v) is 5.55. The Kier molecular flexibility index (Phi) is 5.95. The Hall–Kier alpha value is -3.66. The Balaban J connectivity index is 1.82. The molecule has 4 rings (SSSR count). The highest BCUT2D eigenvalue weighted by Gasteiger charge is 2.23. The monoisotopic (exact) mass is 450 g/mol. The molecule has 0 saturated heterocycles. The predicted molar refractivity (Wildman–Crippen MR) is 122 cm³/mol. The van der Waals surface area contributed by atoms with Crippen LogP contribution >= 0.6 is 11.5 Å². The molecule has 0 aliphatic carbocycles. The van der Waals surface area contributed by atoms with E-state index < -0.39 is 11.9 Å². The highest BCUT2D eigenvalue weighted by atomic mass is 32.1. The van der Waals surface area contributed by atoms with E-state index in [2.05, 4.69) is 20.0 Å². The van der Waals surface area contributed by atoms with Gasteiger partial charge >= 0.3 is 5.97 Å². The molecular weight excluding hydrogens is 428 g/mol. The van der Waals surface area contributed by atoms with Gasteiger partial charge < -0.3 is 10.1 Å². The zero-order chi connectivity index (χ0) is 22.8. The molecule has 0 unspecified atom stereocenters. The van der Waals surface area contributed by atoms with Crippen LogP contribution in [0.4, 0.5) is 5.00 Å². The van der Waals surface area contributed by atoms with Crippen molar-refractivity contribution in [3.63, 3.8) is 0 Å². The zero-order valence-electron chi connectivity index (χ0n) is 18.1. The van der Waals surface area contributed by atoms with Crippen LogP contribution < -0.4 is 5.32 Å². The number of nitrogens with zero attached hydrogens (tertiary/aromatic N) is 5. The number of pyridine rings is 1. The normalized spacial score (nSPS) is 11.2. The fourth-order valence-corrected chi connectivity index (χ4v) is 3.91. The van der Waals surface area contributed by atoms with E-state index in [1.165, 1.54) is 0 Å². The molecule has 0 fully saturated rings. The zero-order valence-corrected chi connectivity index (χ0v) is 18.9. The molecule has 0 bridgehead atoms. The molecule has 10 heteroatoms. The maximum absolute atomic E-state index is 13.3. The number of benzene rings is 1. The molecular formula is C22H22N6O3S. The van der Waals surface area contributed by atoms with Crippen molar-refractivity contribution in [2.75, 3.05) is 11.9 Å². The van der Waals surface area contributed by atoms with Crippen LogP contribution in [-0.2, 0) is 4.74 Å². The number of fused-ring (bicyclic) bond motifs is 1. The highest BCUT2D eigenvalue weighted by molar-refractivity contribution is 7.10. The number of ether oxygens (including phenoxy) is 1. The fraction of sp³-hybridized carbons (Fsp3) is 0.273. The quantitative estimate of drug-likeness (QED) is 0.437. The molecule has 0 saturated carbocycles. The summed E-state index contributed by atoms with van der Waals surface area (Å²) in [6, 6.07) is 9.65. The van der Waals surface area contributed by atoms with Gasteiger partial charge in [0.05, 0.1) is 29.4 Å². The SMILES string of the molecule is CCOC(=O)c1nnsc1NC(=O)c1cc(-c2ccccc2C)nc2c1cnn2C(C)C. The number of aryl methyl sites for hydroxylation is 1. The number of esters is 1. The van der Waals surface area contributed by atoms with Gasteiger partial charge in [-0.1, -0.05) is 28.8 Å². The van der Waals surface area contributed by atoms with Gasteiger partial charge in [0, 0.05) is 23.1 Å². The Morgan fingerprint density at radius 1 is 1.25 bits per heavy atom. The minimum atomic E-state index is -0.635. The molecule has 164 valence electrons. The van der Waals surface area contributed by atoms with Crippen molar-refractivity contribution in [1.82, 2.24) is 24.4 Å². The van der Waals surface area contributed by atoms with Crippen LogP contribution in [0.2, 0.25) is 0 Å². The minimum absolute atomic E-state index is 0.0208. The van der Waals surface area contributed by atoms with E-state index >= 15 is 0 Å². The van der Waals surface area contributed by atoms with Crippen LogP contribution in [0.1, 0.15) is 53.2 Å². The molecule has 3 heterocycles. The number of rotatable bonds is 6. The van der Waals surface area contributed by atoms with Gasteiger partial charge in [-0.05, 0) is 39.3 Å². The lowest BCUT2D eigenvalue weighted by Crippen LogP contribution is -2.16. The molecule has 9 nitrogen and oxygen atoms in total. The number of aromatic nitrogens is 5. The van der Waals surface area contributed by atoms with E-state index in [0.29, 0.717) is 22.3 Å². The van der Waals surface area contributed by atoms with E-state index in [4.69, 9.17) is 9.72 Å². The number of carbonyl (C=O) groups is 2. The lowest BCUT2D eigenvalue weighted by Gasteiger charge is -2.12. The number of carbonyl (C=O) groups excluding carboxylic acids is 2. The van der Waals surface area contributed by atoms with Crippen molar-refractivity contribution in [2.24, 2.45) is 0 Å². The van der Waals surface area contributed by atoms with Crippen LogP contribution in [-0.4, -0.2) is 42.8 Å². The third-order valence-electron chi connectivity index (χ3n) is 4.91. The molecule has 0 radical (unpaired) electrons. The summed E-state index contributed by atoms with van der Waals surface area (Å²) in [7, 11) is 0. The summed E-state index contributed by atoms with van der Waals surface area (Å²) in [6.45, 7) is 7.90. The summed E-state index contributed by atoms with van der Waals surface area (Å²) in [5.74, 6) is -1.04. The first-order valence-corrected chi connectivity index (χ1v) is 10.9. The van der Waals surface area contributed by atoms with Gasteiger partial charge in [0.15, 0.2) is 10.6 Å². The summed E-state index contributed by atoms with van der Waals surface area (Å²) in [6.07, 6.45) is 1.63. The van der Waals surface area contributed by atoms with Gasteiger partial charge in [0.2, 0.25) is 5.69 Å². The smallest absolute Gasteiger partial charge is 0.362 e. The second kappa shape index (κ2) is 8.83. The van der Waals surface area contributed by atoms with Gasteiger partial charge in [-0.3, -0.25) is 4.79 Å². The standard InChI is InChI=1S/C22H22N6O3S/c1-5-31-22(30)18-21(32-27-26-18)25-20(29)15-10-17(14-9-7-6-8-13(14)4)24-19-16(15)11-23-28(19)12(2)3/h6-12H,5H2,1-4H3,(H,25,29). The first-order valence-electron chi connectivity index (χ1n) is 10.2. The van der Waals surface area contributed by atoms with Crippen LogP contribution in [0.3, 0.4) is 0 Å². The average Bonchev–Trinajstić information content (AvgIpc) is 3.40. The number of amides is 1. The summed E-state index contributed by atoms with van der Waals surface area (Å²) in [4.78, 5) is 30.3.